The van der Waals surface area contributed by atoms with Crippen LogP contribution in [0, 0.1) is 6.92 Å². The number of carbonyl (C=O) groups excluding carboxylic acids is 1. The summed E-state index contributed by atoms with van der Waals surface area (Å²) in [6.07, 6.45) is 0. The smallest absolute Gasteiger partial charge is 0.242 e. The van der Waals surface area contributed by atoms with Gasteiger partial charge in [0, 0.05) is 12.6 Å². The molecule has 0 radical (unpaired) electrons. The van der Waals surface area contributed by atoms with Crippen molar-refractivity contribution in [2.45, 2.75) is 17.3 Å². The number of hydrogen-bond donors (Lipinski definition) is 1. The minimum Gasteiger partial charge on any atom is -0.495 e. The van der Waals surface area contributed by atoms with Gasteiger partial charge in [-0.15, -0.1) is 10.2 Å². The summed E-state index contributed by atoms with van der Waals surface area (Å²) in [6, 6.07) is 25.2. The van der Waals surface area contributed by atoms with E-state index >= 15 is 0 Å². The van der Waals surface area contributed by atoms with Crippen molar-refractivity contribution in [2.75, 3.05) is 12.4 Å². The molecular formula is C25H24N4O2S. The maximum absolute atomic E-state index is 13.4. The minimum atomic E-state index is -0.520. The number of methoxy groups -OCH3 is 1. The van der Waals surface area contributed by atoms with Gasteiger partial charge in [-0.25, -0.2) is 0 Å². The molecule has 1 amide bonds. The molecular weight excluding hydrogens is 420 g/mol. The van der Waals surface area contributed by atoms with Crippen molar-refractivity contribution in [1.29, 1.82) is 0 Å². The van der Waals surface area contributed by atoms with E-state index in [0.717, 1.165) is 22.5 Å². The van der Waals surface area contributed by atoms with Crippen LogP contribution < -0.4 is 10.1 Å². The number of anilines is 1. The summed E-state index contributed by atoms with van der Waals surface area (Å²) in [5, 5.41) is 11.9. The fraction of sp³-hybridized carbons (Fsp3) is 0.160. The molecule has 1 atom stereocenters. The van der Waals surface area contributed by atoms with Crippen molar-refractivity contribution in [2.24, 2.45) is 7.05 Å². The largest absolute Gasteiger partial charge is 0.495 e. The van der Waals surface area contributed by atoms with Gasteiger partial charge in [0.2, 0.25) is 5.91 Å². The molecule has 7 heteroatoms. The van der Waals surface area contributed by atoms with Gasteiger partial charge in [0.15, 0.2) is 11.0 Å². The van der Waals surface area contributed by atoms with Gasteiger partial charge in [0.1, 0.15) is 11.0 Å². The topological polar surface area (TPSA) is 69.0 Å². The fourth-order valence-electron chi connectivity index (χ4n) is 3.38. The van der Waals surface area contributed by atoms with E-state index in [1.807, 2.05) is 97.4 Å². The van der Waals surface area contributed by atoms with Crippen LogP contribution in [-0.2, 0) is 11.8 Å². The second-order valence-corrected chi connectivity index (χ2v) is 8.41. The number of rotatable bonds is 7. The summed E-state index contributed by atoms with van der Waals surface area (Å²) in [4.78, 5) is 13.4. The summed E-state index contributed by atoms with van der Waals surface area (Å²) in [7, 11) is 3.50. The van der Waals surface area contributed by atoms with Crippen LogP contribution in [0.5, 0.6) is 5.75 Å². The number of thioether (sulfide) groups is 1. The van der Waals surface area contributed by atoms with Crippen LogP contribution in [0.25, 0.3) is 11.4 Å². The first-order valence-electron chi connectivity index (χ1n) is 10.2. The van der Waals surface area contributed by atoms with E-state index in [0.29, 0.717) is 16.6 Å². The van der Waals surface area contributed by atoms with Crippen molar-refractivity contribution in [3.8, 4) is 17.1 Å². The average molecular weight is 445 g/mol. The summed E-state index contributed by atoms with van der Waals surface area (Å²) in [5.74, 6) is 1.21. The Kier molecular flexibility index (Phi) is 6.56. The molecule has 4 rings (SSSR count). The molecule has 0 fully saturated rings. The van der Waals surface area contributed by atoms with Crippen molar-refractivity contribution in [1.82, 2.24) is 14.8 Å². The standard InChI is InChI=1S/C25H24N4O2S/c1-17-14-15-21(31-3)20(16-17)26-24(30)22(18-10-6-4-7-11-18)32-25-28-27-23(29(25)2)19-12-8-5-9-13-19/h4-16,22H,1-3H3,(H,26,30)/t22-/m1/s1. The predicted molar refractivity (Wildman–Crippen MR) is 128 cm³/mol. The first-order chi connectivity index (χ1) is 15.6. The highest BCUT2D eigenvalue weighted by molar-refractivity contribution is 8.00. The normalized spacial score (nSPS) is 11.7. The molecule has 32 heavy (non-hydrogen) atoms. The third-order valence-corrected chi connectivity index (χ3v) is 6.33. The Morgan fingerprint density at radius 1 is 1.00 bits per heavy atom. The first kappa shape index (κ1) is 21.6. The van der Waals surface area contributed by atoms with E-state index in [2.05, 4.69) is 15.5 Å². The number of carbonyl (C=O) groups is 1. The number of nitrogens with zero attached hydrogens (tertiary/aromatic N) is 3. The Labute approximate surface area is 191 Å². The maximum Gasteiger partial charge on any atom is 0.242 e. The third-order valence-electron chi connectivity index (χ3n) is 5.04. The highest BCUT2D eigenvalue weighted by Gasteiger charge is 2.26. The van der Waals surface area contributed by atoms with Crippen LogP contribution in [0.4, 0.5) is 5.69 Å². The van der Waals surface area contributed by atoms with Crippen LogP contribution in [0.3, 0.4) is 0 Å². The Bertz CT molecular complexity index is 1210. The van der Waals surface area contributed by atoms with Crippen molar-refractivity contribution in [3.05, 3.63) is 90.0 Å². The fourth-order valence-corrected chi connectivity index (χ4v) is 4.38. The van der Waals surface area contributed by atoms with E-state index in [1.165, 1.54) is 11.8 Å². The lowest BCUT2D eigenvalue weighted by atomic mass is 10.1. The van der Waals surface area contributed by atoms with Gasteiger partial charge in [0.05, 0.1) is 12.8 Å². The molecule has 1 N–H and O–H groups in total. The lowest BCUT2D eigenvalue weighted by Crippen LogP contribution is -2.20. The monoisotopic (exact) mass is 444 g/mol. The number of ether oxygens (including phenoxy) is 1. The minimum absolute atomic E-state index is 0.158. The molecule has 1 aromatic heterocycles. The van der Waals surface area contributed by atoms with Gasteiger partial charge in [0.25, 0.3) is 0 Å². The lowest BCUT2D eigenvalue weighted by molar-refractivity contribution is -0.115. The van der Waals surface area contributed by atoms with E-state index < -0.39 is 5.25 Å². The molecule has 0 aliphatic carbocycles. The SMILES string of the molecule is COc1ccc(C)cc1NC(=O)[C@H](Sc1nnc(-c2ccccc2)n1C)c1ccccc1. The van der Waals surface area contributed by atoms with Gasteiger partial charge in [-0.05, 0) is 30.2 Å². The molecule has 162 valence electrons. The van der Waals surface area contributed by atoms with Crippen molar-refractivity contribution < 1.29 is 9.53 Å². The molecule has 0 spiro atoms. The average Bonchev–Trinajstić information content (AvgIpc) is 3.18. The van der Waals surface area contributed by atoms with Crippen molar-refractivity contribution in [3.63, 3.8) is 0 Å². The zero-order valence-corrected chi connectivity index (χ0v) is 19.0. The van der Waals surface area contributed by atoms with Gasteiger partial charge >= 0.3 is 0 Å². The van der Waals surface area contributed by atoms with E-state index in [9.17, 15) is 4.79 Å². The number of amides is 1. The quantitative estimate of drug-likeness (QED) is 0.393. The highest BCUT2D eigenvalue weighted by Crippen LogP contribution is 2.37. The zero-order chi connectivity index (χ0) is 22.5. The lowest BCUT2D eigenvalue weighted by Gasteiger charge is -2.18. The van der Waals surface area contributed by atoms with Crippen LogP contribution in [0.1, 0.15) is 16.4 Å². The predicted octanol–water partition coefficient (Wildman–Crippen LogP) is 5.27. The van der Waals surface area contributed by atoms with Gasteiger partial charge in [-0.1, -0.05) is 78.5 Å². The summed E-state index contributed by atoms with van der Waals surface area (Å²) >= 11 is 1.37. The van der Waals surface area contributed by atoms with E-state index in [4.69, 9.17) is 4.74 Å². The summed E-state index contributed by atoms with van der Waals surface area (Å²) < 4.78 is 7.34. The Balaban J connectivity index is 1.65. The molecule has 0 aliphatic heterocycles. The maximum atomic E-state index is 13.4. The molecule has 3 aromatic carbocycles. The molecule has 6 nitrogen and oxygen atoms in total. The zero-order valence-electron chi connectivity index (χ0n) is 18.1. The number of hydrogen-bond acceptors (Lipinski definition) is 5. The third kappa shape index (κ3) is 4.68. The van der Waals surface area contributed by atoms with Crippen LogP contribution in [0.2, 0.25) is 0 Å². The Morgan fingerprint density at radius 3 is 2.38 bits per heavy atom. The van der Waals surface area contributed by atoms with Crippen molar-refractivity contribution >= 4 is 23.4 Å². The van der Waals surface area contributed by atoms with E-state index in [1.54, 1.807) is 7.11 Å². The summed E-state index contributed by atoms with van der Waals surface area (Å²) in [6.45, 7) is 1.98. The molecule has 0 saturated carbocycles. The van der Waals surface area contributed by atoms with Crippen LogP contribution in [-0.4, -0.2) is 27.8 Å². The van der Waals surface area contributed by atoms with Gasteiger partial charge < -0.3 is 14.6 Å². The van der Waals surface area contributed by atoms with Gasteiger partial charge in [-0.3, -0.25) is 4.79 Å². The highest BCUT2D eigenvalue weighted by atomic mass is 32.2. The van der Waals surface area contributed by atoms with Gasteiger partial charge in [-0.2, -0.15) is 0 Å². The number of aryl methyl sites for hydroxylation is 1. The second kappa shape index (κ2) is 9.70. The van der Waals surface area contributed by atoms with E-state index in [-0.39, 0.29) is 5.91 Å². The molecule has 4 aromatic rings. The number of benzene rings is 3. The number of nitrogens with one attached hydrogen (secondary N) is 1. The summed E-state index contributed by atoms with van der Waals surface area (Å²) in [5.41, 5.74) is 3.53. The first-order valence-corrected chi connectivity index (χ1v) is 11.1. The molecule has 0 unspecified atom stereocenters. The molecule has 0 bridgehead atoms. The second-order valence-electron chi connectivity index (χ2n) is 7.33. The number of aromatic nitrogens is 3. The Hall–Kier alpha value is -3.58. The van der Waals surface area contributed by atoms with Crippen LogP contribution in [0.15, 0.2) is 84.0 Å². The molecule has 1 heterocycles. The Morgan fingerprint density at radius 2 is 1.69 bits per heavy atom. The molecule has 0 saturated heterocycles. The molecule has 0 aliphatic rings. The van der Waals surface area contributed by atoms with Crippen LogP contribution >= 0.6 is 11.8 Å².